The number of hydrogen-bond acceptors (Lipinski definition) is 7. The monoisotopic (exact) mass is 521 g/mol. The molecular weight excluding hydrogens is 501 g/mol. The molecule has 0 fully saturated rings. The van der Waals surface area contributed by atoms with Crippen molar-refractivity contribution in [1.82, 2.24) is 15.6 Å². The number of carbonyl (C=O) groups excluding carboxylic acids is 2. The number of hydrogen-bond donors (Lipinski definition) is 2. The van der Waals surface area contributed by atoms with Gasteiger partial charge in [-0.25, -0.2) is 14.6 Å². The molecule has 1 atom stereocenters. The molecule has 1 aliphatic rings. The molecule has 0 spiro atoms. The van der Waals surface area contributed by atoms with Crippen molar-refractivity contribution in [1.29, 1.82) is 0 Å². The number of halogens is 2. The topological polar surface area (TPSA) is 98.8 Å². The Morgan fingerprint density at radius 1 is 1.26 bits per heavy atom. The summed E-state index contributed by atoms with van der Waals surface area (Å²) in [5.74, 6) is -0.946. The van der Waals surface area contributed by atoms with Crippen LogP contribution in [0.25, 0.3) is 6.08 Å². The van der Waals surface area contributed by atoms with Gasteiger partial charge in [0.1, 0.15) is 5.15 Å². The molecule has 11 heteroatoms. The van der Waals surface area contributed by atoms with Gasteiger partial charge in [0.15, 0.2) is 16.6 Å². The van der Waals surface area contributed by atoms with Crippen molar-refractivity contribution in [3.8, 4) is 11.5 Å². The van der Waals surface area contributed by atoms with Crippen LogP contribution in [0.1, 0.15) is 31.0 Å². The van der Waals surface area contributed by atoms with Gasteiger partial charge in [-0.2, -0.15) is 0 Å². The van der Waals surface area contributed by atoms with Gasteiger partial charge in [0.05, 0.1) is 30.4 Å². The molecule has 0 aliphatic carbocycles. The Hall–Kier alpha value is -3.14. The summed E-state index contributed by atoms with van der Waals surface area (Å²) in [6.07, 6.45) is 4.28. The molecule has 0 radical (unpaired) electrons. The fraction of sp³-hybridized carbons (Fsp3) is 0.217. The Balaban J connectivity index is 1.90. The van der Waals surface area contributed by atoms with Crippen molar-refractivity contribution in [2.45, 2.75) is 19.9 Å². The van der Waals surface area contributed by atoms with E-state index < -0.39 is 18.0 Å². The first kappa shape index (κ1) is 25.5. The molecule has 2 N–H and O–H groups in total. The van der Waals surface area contributed by atoms with E-state index in [1.807, 2.05) is 0 Å². The number of pyridine rings is 1. The normalized spacial score (nSPS) is 15.6. The van der Waals surface area contributed by atoms with Gasteiger partial charge in [-0.05, 0) is 67.5 Å². The van der Waals surface area contributed by atoms with Crippen molar-refractivity contribution in [3.63, 3.8) is 0 Å². The average Bonchev–Trinajstić information content (AvgIpc) is 2.78. The molecule has 34 heavy (non-hydrogen) atoms. The number of allylic oxidation sites excluding steroid dienone is 1. The number of benzene rings is 1. The Labute approximate surface area is 211 Å². The number of methoxy groups -OCH3 is 1. The first-order chi connectivity index (χ1) is 16.2. The van der Waals surface area contributed by atoms with E-state index in [1.54, 1.807) is 38.1 Å². The van der Waals surface area contributed by atoms with Gasteiger partial charge in [-0.3, -0.25) is 0 Å². The summed E-state index contributed by atoms with van der Waals surface area (Å²) in [6, 6.07) is 5.81. The van der Waals surface area contributed by atoms with Gasteiger partial charge >= 0.3 is 11.9 Å². The van der Waals surface area contributed by atoms with Gasteiger partial charge < -0.3 is 24.8 Å². The number of ether oxygens (including phenoxy) is 3. The second-order valence-electron chi connectivity index (χ2n) is 6.99. The highest BCUT2D eigenvalue weighted by molar-refractivity contribution is 7.80. The second-order valence-corrected chi connectivity index (χ2v) is 8.19. The van der Waals surface area contributed by atoms with E-state index in [4.69, 9.17) is 49.6 Å². The fourth-order valence-electron chi connectivity index (χ4n) is 3.25. The minimum Gasteiger partial charge on any atom is -0.493 e. The molecule has 1 aromatic heterocycles. The van der Waals surface area contributed by atoms with E-state index in [1.165, 1.54) is 25.5 Å². The summed E-state index contributed by atoms with van der Waals surface area (Å²) in [6.45, 7) is 3.66. The Morgan fingerprint density at radius 2 is 2.03 bits per heavy atom. The van der Waals surface area contributed by atoms with Crippen molar-refractivity contribution in [3.05, 3.63) is 69.1 Å². The number of nitrogens with zero attached hydrogens (tertiary/aromatic N) is 1. The predicted molar refractivity (Wildman–Crippen MR) is 133 cm³/mol. The zero-order valence-electron chi connectivity index (χ0n) is 18.5. The van der Waals surface area contributed by atoms with Crippen LogP contribution in [-0.4, -0.2) is 35.8 Å². The molecule has 1 aliphatic heterocycles. The van der Waals surface area contributed by atoms with E-state index in [2.05, 4.69) is 15.6 Å². The van der Waals surface area contributed by atoms with Crippen LogP contribution in [-0.2, 0) is 14.3 Å². The van der Waals surface area contributed by atoms with Crippen LogP contribution in [0.4, 0.5) is 0 Å². The minimum absolute atomic E-state index is 0.0326. The molecule has 2 aromatic rings. The molecule has 2 heterocycles. The maximum Gasteiger partial charge on any atom is 0.338 e. The van der Waals surface area contributed by atoms with Crippen molar-refractivity contribution < 1.29 is 23.8 Å². The molecule has 178 valence electrons. The number of carbonyl (C=O) groups is 2. The quantitative estimate of drug-likeness (QED) is 0.181. The molecule has 0 bridgehead atoms. The number of aromatic nitrogens is 1. The largest absolute Gasteiger partial charge is 0.493 e. The predicted octanol–water partition coefficient (Wildman–Crippen LogP) is 4.37. The zero-order valence-corrected chi connectivity index (χ0v) is 20.8. The highest BCUT2D eigenvalue weighted by atomic mass is 35.5. The first-order valence-corrected chi connectivity index (χ1v) is 11.2. The van der Waals surface area contributed by atoms with Crippen LogP contribution in [0, 0.1) is 0 Å². The molecule has 0 amide bonds. The number of thiocarbonyl (C=S) groups is 1. The molecule has 0 saturated heterocycles. The molecular formula is C23H21Cl2N3O5S. The summed E-state index contributed by atoms with van der Waals surface area (Å²) < 4.78 is 16.0. The van der Waals surface area contributed by atoms with E-state index in [0.717, 1.165) is 0 Å². The van der Waals surface area contributed by atoms with Gasteiger partial charge in [0, 0.05) is 18.0 Å². The third kappa shape index (κ3) is 6.05. The van der Waals surface area contributed by atoms with E-state index in [-0.39, 0.29) is 23.1 Å². The lowest BCUT2D eigenvalue weighted by atomic mass is 9.95. The van der Waals surface area contributed by atoms with Gasteiger partial charge in [0.25, 0.3) is 0 Å². The smallest absolute Gasteiger partial charge is 0.338 e. The van der Waals surface area contributed by atoms with Crippen LogP contribution < -0.4 is 20.1 Å². The standard InChI is InChI=1S/C23H21Cl2N3O5S/c1-4-32-22(30)19-12(2)27-23(34)28-20(19)14-10-15(24)21(16(11-14)31-3)33-18(29)6-5-13-7-8-26-17(25)9-13/h5-11,20H,4H2,1-3H3,(H2,27,28,34)/b6-5+. The van der Waals surface area contributed by atoms with Crippen molar-refractivity contribution >= 4 is 58.5 Å². The van der Waals surface area contributed by atoms with Crippen LogP contribution in [0.15, 0.2) is 47.8 Å². The fourth-order valence-corrected chi connectivity index (χ4v) is 3.96. The molecule has 1 unspecified atom stereocenters. The number of nitrogens with one attached hydrogen (secondary N) is 2. The van der Waals surface area contributed by atoms with Crippen LogP contribution >= 0.6 is 35.4 Å². The van der Waals surface area contributed by atoms with Gasteiger partial charge in [-0.1, -0.05) is 23.2 Å². The molecule has 1 aromatic carbocycles. The maximum atomic E-state index is 12.6. The maximum absolute atomic E-state index is 12.6. The zero-order chi connectivity index (χ0) is 24.8. The highest BCUT2D eigenvalue weighted by Gasteiger charge is 2.32. The SMILES string of the molecule is CCOC(=O)C1=C(C)NC(=S)NC1c1cc(Cl)c(OC(=O)/C=C/c2ccnc(Cl)c2)c(OC)c1. The Kier molecular flexibility index (Phi) is 8.49. The summed E-state index contributed by atoms with van der Waals surface area (Å²) >= 11 is 17.6. The van der Waals surface area contributed by atoms with Crippen molar-refractivity contribution in [2.75, 3.05) is 13.7 Å². The van der Waals surface area contributed by atoms with E-state index in [9.17, 15) is 9.59 Å². The molecule has 0 saturated carbocycles. The Morgan fingerprint density at radius 3 is 2.71 bits per heavy atom. The Bertz CT molecular complexity index is 1200. The molecule has 3 rings (SSSR count). The van der Waals surface area contributed by atoms with Crippen LogP contribution in [0.3, 0.4) is 0 Å². The lowest BCUT2D eigenvalue weighted by Crippen LogP contribution is -2.45. The van der Waals surface area contributed by atoms with Crippen LogP contribution in [0.5, 0.6) is 11.5 Å². The lowest BCUT2D eigenvalue weighted by molar-refractivity contribution is -0.139. The summed E-state index contributed by atoms with van der Waals surface area (Å²) in [4.78, 5) is 28.9. The summed E-state index contributed by atoms with van der Waals surface area (Å²) in [7, 11) is 1.41. The van der Waals surface area contributed by atoms with Crippen LogP contribution in [0.2, 0.25) is 10.2 Å². The average molecular weight is 522 g/mol. The highest BCUT2D eigenvalue weighted by Crippen LogP contribution is 2.40. The van der Waals surface area contributed by atoms with Gasteiger partial charge in [-0.15, -0.1) is 0 Å². The third-order valence-corrected chi connectivity index (χ3v) is 5.42. The van der Waals surface area contributed by atoms with E-state index in [0.29, 0.717) is 32.7 Å². The summed E-state index contributed by atoms with van der Waals surface area (Å²) in [5.41, 5.74) is 2.14. The minimum atomic E-state index is -0.676. The molecule has 8 nitrogen and oxygen atoms in total. The lowest BCUT2D eigenvalue weighted by Gasteiger charge is -2.30. The number of rotatable bonds is 7. The van der Waals surface area contributed by atoms with Crippen molar-refractivity contribution in [2.24, 2.45) is 0 Å². The van der Waals surface area contributed by atoms with E-state index >= 15 is 0 Å². The summed E-state index contributed by atoms with van der Waals surface area (Å²) in [5, 5.41) is 6.71. The third-order valence-electron chi connectivity index (χ3n) is 4.71. The number of esters is 2. The first-order valence-electron chi connectivity index (χ1n) is 10.1. The van der Waals surface area contributed by atoms with Gasteiger partial charge in [0.2, 0.25) is 0 Å². The second kappa shape index (κ2) is 11.3.